The number of amides is 1. The fraction of sp³-hybridized carbons (Fsp3) is 0.417. The molecule has 2 rings (SSSR count). The summed E-state index contributed by atoms with van der Waals surface area (Å²) in [4.78, 5) is 11.8. The molecule has 0 saturated carbocycles. The van der Waals surface area contributed by atoms with Gasteiger partial charge in [-0.3, -0.25) is 4.79 Å². The Morgan fingerprint density at radius 3 is 2.53 bits per heavy atom. The summed E-state index contributed by atoms with van der Waals surface area (Å²) in [5, 5.41) is 6.51. The van der Waals surface area contributed by atoms with Crippen LogP contribution in [0, 0.1) is 0 Å². The van der Waals surface area contributed by atoms with Crippen molar-refractivity contribution >= 4 is 50.7 Å². The molecular formula is C12H13BrCl2N2O2. The molecule has 1 saturated heterocycles. The zero-order chi connectivity index (χ0) is 14.0. The number of carbonyl (C=O) groups is 1. The predicted molar refractivity (Wildman–Crippen MR) is 80.0 cm³/mol. The van der Waals surface area contributed by atoms with Crippen LogP contribution in [0.3, 0.4) is 0 Å². The molecule has 1 aliphatic heterocycles. The van der Waals surface area contributed by atoms with Crippen molar-refractivity contribution in [1.82, 2.24) is 5.32 Å². The lowest BCUT2D eigenvalue weighted by atomic mass is 10.0. The molecule has 7 heteroatoms. The van der Waals surface area contributed by atoms with Gasteiger partial charge in [0.2, 0.25) is 5.91 Å². The zero-order valence-electron chi connectivity index (χ0n) is 10.2. The van der Waals surface area contributed by atoms with E-state index in [9.17, 15) is 4.79 Å². The van der Waals surface area contributed by atoms with E-state index >= 15 is 0 Å². The van der Waals surface area contributed by atoms with Gasteiger partial charge in [0.1, 0.15) is 6.61 Å². The topological polar surface area (TPSA) is 50.4 Å². The summed E-state index contributed by atoms with van der Waals surface area (Å²) in [7, 11) is 0. The second-order valence-corrected chi connectivity index (χ2v) is 6.36. The van der Waals surface area contributed by atoms with E-state index in [4.69, 9.17) is 27.9 Å². The summed E-state index contributed by atoms with van der Waals surface area (Å²) >= 11 is 15.3. The lowest BCUT2D eigenvalue weighted by Gasteiger charge is -2.38. The van der Waals surface area contributed by atoms with Crippen molar-refractivity contribution in [3.05, 3.63) is 26.7 Å². The Hall–Kier alpha value is -0.330. The molecule has 4 nitrogen and oxygen atoms in total. The van der Waals surface area contributed by atoms with Gasteiger partial charge in [-0.15, -0.1) is 0 Å². The maximum atomic E-state index is 11.8. The Morgan fingerprint density at radius 1 is 1.47 bits per heavy atom. The first kappa shape index (κ1) is 15.1. The summed E-state index contributed by atoms with van der Waals surface area (Å²) in [6.45, 7) is 3.43. The number of hydrogen-bond donors (Lipinski definition) is 2. The monoisotopic (exact) mass is 366 g/mol. The Labute approximate surface area is 129 Å². The first-order valence-electron chi connectivity index (χ1n) is 5.69. The molecule has 0 spiro atoms. The van der Waals surface area contributed by atoms with Gasteiger partial charge in [0.25, 0.3) is 0 Å². The second kappa shape index (κ2) is 5.97. The van der Waals surface area contributed by atoms with Gasteiger partial charge >= 0.3 is 0 Å². The largest absolute Gasteiger partial charge is 0.363 e. The third-order valence-electron chi connectivity index (χ3n) is 2.82. The van der Waals surface area contributed by atoms with Gasteiger partial charge in [0, 0.05) is 17.6 Å². The van der Waals surface area contributed by atoms with Gasteiger partial charge in [-0.05, 0) is 19.1 Å². The Bertz CT molecular complexity index is 483. The summed E-state index contributed by atoms with van der Waals surface area (Å²) in [5.41, 5.74) is 0.141. The number of halogens is 3. The summed E-state index contributed by atoms with van der Waals surface area (Å²) < 4.78 is 6.29. The fourth-order valence-electron chi connectivity index (χ4n) is 1.66. The number of rotatable bonds is 4. The molecule has 0 unspecified atom stereocenters. The maximum absolute atomic E-state index is 11.8. The van der Waals surface area contributed by atoms with Crippen LogP contribution in [0.4, 0.5) is 5.69 Å². The third kappa shape index (κ3) is 3.83. The van der Waals surface area contributed by atoms with Crippen molar-refractivity contribution in [2.45, 2.75) is 12.5 Å². The molecule has 0 aromatic heterocycles. The summed E-state index contributed by atoms with van der Waals surface area (Å²) in [5.74, 6) is -0.278. The highest BCUT2D eigenvalue weighted by atomic mass is 79.9. The summed E-state index contributed by atoms with van der Waals surface area (Å²) in [6.07, 6.45) is 0. The van der Waals surface area contributed by atoms with E-state index in [1.165, 1.54) is 0 Å². The van der Waals surface area contributed by atoms with Gasteiger partial charge in [-0.1, -0.05) is 39.1 Å². The van der Waals surface area contributed by atoms with E-state index in [1.54, 1.807) is 12.1 Å². The quantitative estimate of drug-likeness (QED) is 0.859. The third-order valence-corrected chi connectivity index (χ3v) is 3.87. The number of benzene rings is 1. The number of ether oxygens (including phenoxy) is 1. The van der Waals surface area contributed by atoms with Gasteiger partial charge in [-0.2, -0.15) is 0 Å². The lowest BCUT2D eigenvalue weighted by molar-refractivity contribution is -0.130. The minimum Gasteiger partial charge on any atom is -0.363 e. The van der Waals surface area contributed by atoms with E-state index in [2.05, 4.69) is 26.6 Å². The highest BCUT2D eigenvalue weighted by Crippen LogP contribution is 2.33. The van der Waals surface area contributed by atoms with Crippen molar-refractivity contribution in [3.8, 4) is 0 Å². The van der Waals surface area contributed by atoms with E-state index in [1.807, 2.05) is 6.92 Å². The zero-order valence-corrected chi connectivity index (χ0v) is 13.3. The average molecular weight is 368 g/mol. The van der Waals surface area contributed by atoms with Crippen LogP contribution < -0.4 is 10.6 Å². The molecular weight excluding hydrogens is 355 g/mol. The first-order valence-corrected chi connectivity index (χ1v) is 7.24. The van der Waals surface area contributed by atoms with Gasteiger partial charge in [0.15, 0.2) is 0 Å². The Morgan fingerprint density at radius 2 is 2.05 bits per heavy atom. The van der Waals surface area contributed by atoms with Gasteiger partial charge in [0.05, 0.1) is 21.3 Å². The van der Waals surface area contributed by atoms with E-state index < -0.39 is 0 Å². The highest BCUT2D eigenvalue weighted by molar-refractivity contribution is 9.10. The molecule has 1 amide bonds. The van der Waals surface area contributed by atoms with Gasteiger partial charge < -0.3 is 15.4 Å². The van der Waals surface area contributed by atoms with Crippen LogP contribution in [0.25, 0.3) is 0 Å². The molecule has 0 aliphatic carbocycles. The van der Waals surface area contributed by atoms with Crippen LogP contribution >= 0.6 is 39.1 Å². The maximum Gasteiger partial charge on any atom is 0.250 e. The minimum absolute atomic E-state index is 0.0269. The number of carbonyl (C=O) groups excluding carboxylic acids is 1. The molecule has 0 atom stereocenters. The lowest BCUT2D eigenvalue weighted by Crippen LogP contribution is -2.59. The first-order chi connectivity index (χ1) is 8.89. The summed E-state index contributed by atoms with van der Waals surface area (Å²) in [6, 6.07) is 3.34. The van der Waals surface area contributed by atoms with Crippen molar-refractivity contribution in [1.29, 1.82) is 0 Å². The minimum atomic E-state index is -0.278. The second-order valence-electron chi connectivity index (χ2n) is 4.63. The van der Waals surface area contributed by atoms with Crippen LogP contribution in [0.15, 0.2) is 16.6 Å². The SMILES string of the molecule is CC1(OCC(=O)Nc2c(Cl)cc(Br)cc2Cl)CNC1. The van der Waals surface area contributed by atoms with Crippen molar-refractivity contribution < 1.29 is 9.53 Å². The molecule has 2 N–H and O–H groups in total. The molecule has 1 fully saturated rings. The fourth-order valence-corrected chi connectivity index (χ4v) is 2.96. The Balaban J connectivity index is 1.95. The normalized spacial score (nSPS) is 16.8. The van der Waals surface area contributed by atoms with Crippen LogP contribution in [0.5, 0.6) is 0 Å². The van der Waals surface area contributed by atoms with Crippen LogP contribution in [-0.2, 0) is 9.53 Å². The van der Waals surface area contributed by atoms with E-state index in [-0.39, 0.29) is 18.1 Å². The molecule has 0 radical (unpaired) electrons. The molecule has 104 valence electrons. The smallest absolute Gasteiger partial charge is 0.250 e. The molecule has 0 bridgehead atoms. The Kier molecular flexibility index (Phi) is 4.74. The molecule has 1 aliphatic rings. The van der Waals surface area contributed by atoms with E-state index in [0.717, 1.165) is 17.6 Å². The van der Waals surface area contributed by atoms with Crippen molar-refractivity contribution in [2.24, 2.45) is 0 Å². The molecule has 1 aromatic rings. The molecule has 1 heterocycles. The highest BCUT2D eigenvalue weighted by Gasteiger charge is 2.33. The van der Waals surface area contributed by atoms with Crippen LogP contribution in [0.2, 0.25) is 10.0 Å². The van der Waals surface area contributed by atoms with Crippen molar-refractivity contribution in [3.63, 3.8) is 0 Å². The number of anilines is 1. The van der Waals surface area contributed by atoms with Crippen LogP contribution in [-0.4, -0.2) is 31.2 Å². The number of hydrogen-bond acceptors (Lipinski definition) is 3. The van der Waals surface area contributed by atoms with Gasteiger partial charge in [-0.25, -0.2) is 0 Å². The standard InChI is InChI=1S/C12H13BrCl2N2O2/c1-12(5-16-6-12)19-4-10(18)17-11-8(14)2-7(13)3-9(11)15/h2-3,16H,4-6H2,1H3,(H,17,18). The van der Waals surface area contributed by atoms with Crippen molar-refractivity contribution in [2.75, 3.05) is 25.0 Å². The van der Waals surface area contributed by atoms with Crippen LogP contribution in [0.1, 0.15) is 6.92 Å². The number of nitrogens with one attached hydrogen (secondary N) is 2. The molecule has 1 aromatic carbocycles. The average Bonchev–Trinajstić information content (AvgIpc) is 2.28. The molecule has 19 heavy (non-hydrogen) atoms. The van der Waals surface area contributed by atoms with E-state index in [0.29, 0.717) is 15.7 Å². The predicted octanol–water partition coefficient (Wildman–Crippen LogP) is 3.07.